The normalized spacial score (nSPS) is 14.7. The van der Waals surface area contributed by atoms with E-state index in [0.29, 0.717) is 48.4 Å². The Morgan fingerprint density at radius 1 is 1.25 bits per heavy atom. The third-order valence-corrected chi connectivity index (χ3v) is 5.53. The van der Waals surface area contributed by atoms with Gasteiger partial charge in [-0.15, -0.1) is 11.3 Å². The van der Waals surface area contributed by atoms with Crippen molar-refractivity contribution in [3.63, 3.8) is 0 Å². The predicted octanol–water partition coefficient (Wildman–Crippen LogP) is 2.22. The van der Waals surface area contributed by atoms with Gasteiger partial charge in [0.15, 0.2) is 5.76 Å². The second-order valence-electron chi connectivity index (χ2n) is 6.44. The van der Waals surface area contributed by atoms with Crippen molar-refractivity contribution in [3.8, 4) is 0 Å². The molecule has 1 fully saturated rings. The van der Waals surface area contributed by atoms with Crippen LogP contribution in [0.5, 0.6) is 0 Å². The van der Waals surface area contributed by atoms with Gasteiger partial charge in [0, 0.05) is 26.2 Å². The van der Waals surface area contributed by atoms with Crippen molar-refractivity contribution in [1.29, 1.82) is 0 Å². The van der Waals surface area contributed by atoms with Crippen molar-refractivity contribution in [1.82, 2.24) is 9.80 Å². The van der Waals surface area contributed by atoms with E-state index in [0.717, 1.165) is 5.56 Å². The Bertz CT molecular complexity index is 838. The van der Waals surface area contributed by atoms with Crippen molar-refractivity contribution in [2.75, 3.05) is 44.6 Å². The van der Waals surface area contributed by atoms with Crippen molar-refractivity contribution in [2.24, 2.45) is 0 Å². The van der Waals surface area contributed by atoms with Gasteiger partial charge in [0.1, 0.15) is 4.88 Å². The highest BCUT2D eigenvalue weighted by Gasteiger charge is 2.25. The third kappa shape index (κ3) is 4.79. The number of anilines is 1. The number of aryl methyl sites for hydroxylation is 1. The van der Waals surface area contributed by atoms with E-state index in [2.05, 4.69) is 5.32 Å². The van der Waals surface area contributed by atoms with Crippen LogP contribution in [0.3, 0.4) is 0 Å². The lowest BCUT2D eigenvalue weighted by Gasteiger charge is -2.33. The Hall–Kier alpha value is -2.65. The average Bonchev–Trinajstić information content (AvgIpc) is 3.32. The van der Waals surface area contributed by atoms with Crippen molar-refractivity contribution in [2.45, 2.75) is 13.8 Å². The summed E-state index contributed by atoms with van der Waals surface area (Å²) in [5.74, 6) is -0.323. The molecule has 150 valence electrons. The molecule has 3 heterocycles. The minimum Gasteiger partial charge on any atom is -0.462 e. The van der Waals surface area contributed by atoms with E-state index >= 15 is 0 Å². The number of ether oxygens (including phenoxy) is 1. The summed E-state index contributed by atoms with van der Waals surface area (Å²) >= 11 is 1.21. The van der Waals surface area contributed by atoms with Crippen LogP contribution in [0.4, 0.5) is 5.00 Å². The first-order valence-corrected chi connectivity index (χ1v) is 9.92. The maximum absolute atomic E-state index is 12.3. The molecule has 8 nitrogen and oxygen atoms in total. The zero-order valence-electron chi connectivity index (χ0n) is 15.9. The molecule has 0 bridgehead atoms. The van der Waals surface area contributed by atoms with Crippen LogP contribution in [0.1, 0.15) is 32.7 Å². The molecule has 1 aliphatic rings. The quantitative estimate of drug-likeness (QED) is 0.741. The molecule has 28 heavy (non-hydrogen) atoms. The van der Waals surface area contributed by atoms with Gasteiger partial charge >= 0.3 is 5.97 Å². The van der Waals surface area contributed by atoms with E-state index in [9.17, 15) is 14.4 Å². The number of hydrogen-bond donors (Lipinski definition) is 1. The van der Waals surface area contributed by atoms with Crippen LogP contribution >= 0.6 is 11.3 Å². The zero-order chi connectivity index (χ0) is 20.1. The minimum atomic E-state index is -0.372. The van der Waals surface area contributed by atoms with Gasteiger partial charge in [-0.05, 0) is 37.6 Å². The zero-order valence-corrected chi connectivity index (χ0v) is 16.7. The second-order valence-corrected chi connectivity index (χ2v) is 7.49. The Morgan fingerprint density at radius 3 is 2.64 bits per heavy atom. The molecule has 0 unspecified atom stereocenters. The molecular weight excluding hydrogens is 382 g/mol. The SMILES string of the molecule is CCOC(=O)c1sc(NC(=O)CN2CCN(C(=O)c3ccco3)CC2)cc1C. The molecule has 0 atom stereocenters. The van der Waals surface area contributed by atoms with E-state index in [1.165, 1.54) is 17.6 Å². The number of rotatable bonds is 6. The molecular formula is C19H23N3O5S. The van der Waals surface area contributed by atoms with Gasteiger partial charge in [0.2, 0.25) is 5.91 Å². The van der Waals surface area contributed by atoms with Crippen molar-refractivity contribution >= 4 is 34.1 Å². The number of thiophene rings is 1. The summed E-state index contributed by atoms with van der Waals surface area (Å²) in [4.78, 5) is 40.7. The molecule has 2 aromatic heterocycles. The molecule has 3 rings (SSSR count). The molecule has 2 amide bonds. The average molecular weight is 405 g/mol. The van der Waals surface area contributed by atoms with Crippen LogP contribution in [0, 0.1) is 6.92 Å². The maximum atomic E-state index is 12.3. The fourth-order valence-corrected chi connectivity index (χ4v) is 3.97. The van der Waals surface area contributed by atoms with Crippen LogP contribution in [-0.4, -0.2) is 66.9 Å². The van der Waals surface area contributed by atoms with Crippen LogP contribution in [0.2, 0.25) is 0 Å². The number of carbonyl (C=O) groups is 3. The van der Waals surface area contributed by atoms with Gasteiger partial charge in [-0.25, -0.2) is 4.79 Å². The van der Waals surface area contributed by atoms with Crippen LogP contribution in [0.25, 0.3) is 0 Å². The smallest absolute Gasteiger partial charge is 0.348 e. The number of esters is 1. The fraction of sp³-hybridized carbons (Fsp3) is 0.421. The number of nitrogens with zero attached hydrogens (tertiary/aromatic N) is 2. The molecule has 9 heteroatoms. The molecule has 0 spiro atoms. The van der Waals surface area contributed by atoms with E-state index in [1.54, 1.807) is 30.0 Å². The predicted molar refractivity (Wildman–Crippen MR) is 105 cm³/mol. The molecule has 1 aliphatic heterocycles. The number of piperazine rings is 1. The van der Waals surface area contributed by atoms with Gasteiger partial charge in [0.05, 0.1) is 24.4 Å². The highest BCUT2D eigenvalue weighted by molar-refractivity contribution is 7.18. The lowest BCUT2D eigenvalue weighted by Crippen LogP contribution is -2.50. The Labute approximate surface area is 167 Å². The molecule has 0 aliphatic carbocycles. The minimum absolute atomic E-state index is 0.130. The Kier molecular flexibility index (Phi) is 6.48. The van der Waals surface area contributed by atoms with E-state index in [-0.39, 0.29) is 24.3 Å². The summed E-state index contributed by atoms with van der Waals surface area (Å²) in [6, 6.07) is 5.11. The van der Waals surface area contributed by atoms with E-state index in [4.69, 9.17) is 9.15 Å². The topological polar surface area (TPSA) is 92.1 Å². The maximum Gasteiger partial charge on any atom is 0.348 e. The first-order chi connectivity index (χ1) is 13.5. The monoisotopic (exact) mass is 405 g/mol. The van der Waals surface area contributed by atoms with Gasteiger partial charge < -0.3 is 19.4 Å². The van der Waals surface area contributed by atoms with Gasteiger partial charge in [-0.1, -0.05) is 0 Å². The Morgan fingerprint density at radius 2 is 2.00 bits per heavy atom. The standard InChI is InChI=1S/C19H23N3O5S/c1-3-26-19(25)17-13(2)11-16(28-17)20-15(23)12-21-6-8-22(9-7-21)18(24)14-5-4-10-27-14/h4-5,10-11H,3,6-9,12H2,1-2H3,(H,20,23). The third-order valence-electron chi connectivity index (χ3n) is 4.40. The fourth-order valence-electron chi connectivity index (χ4n) is 2.99. The molecule has 0 saturated carbocycles. The molecule has 2 aromatic rings. The van der Waals surface area contributed by atoms with Gasteiger partial charge in [-0.3, -0.25) is 14.5 Å². The Balaban J connectivity index is 1.48. The van der Waals surface area contributed by atoms with E-state index in [1.807, 2.05) is 11.8 Å². The van der Waals surface area contributed by atoms with Gasteiger partial charge in [0.25, 0.3) is 5.91 Å². The highest BCUT2D eigenvalue weighted by Crippen LogP contribution is 2.27. The van der Waals surface area contributed by atoms with Crippen LogP contribution in [-0.2, 0) is 9.53 Å². The van der Waals surface area contributed by atoms with Gasteiger partial charge in [-0.2, -0.15) is 0 Å². The van der Waals surface area contributed by atoms with Crippen molar-refractivity contribution in [3.05, 3.63) is 40.7 Å². The first-order valence-electron chi connectivity index (χ1n) is 9.10. The molecule has 0 radical (unpaired) electrons. The summed E-state index contributed by atoms with van der Waals surface area (Å²) in [6.07, 6.45) is 1.48. The van der Waals surface area contributed by atoms with Crippen molar-refractivity contribution < 1.29 is 23.5 Å². The summed E-state index contributed by atoms with van der Waals surface area (Å²) in [7, 11) is 0. The lowest BCUT2D eigenvalue weighted by molar-refractivity contribution is -0.117. The highest BCUT2D eigenvalue weighted by atomic mass is 32.1. The van der Waals surface area contributed by atoms with Crippen LogP contribution < -0.4 is 5.32 Å². The van der Waals surface area contributed by atoms with Crippen LogP contribution in [0.15, 0.2) is 28.9 Å². The number of carbonyl (C=O) groups excluding carboxylic acids is 3. The number of amides is 2. The molecule has 1 saturated heterocycles. The summed E-state index contributed by atoms with van der Waals surface area (Å²) < 4.78 is 10.2. The lowest BCUT2D eigenvalue weighted by atomic mass is 10.2. The van der Waals surface area contributed by atoms with E-state index < -0.39 is 0 Å². The number of nitrogens with one attached hydrogen (secondary N) is 1. The summed E-state index contributed by atoms with van der Waals surface area (Å²) in [5, 5.41) is 3.46. The number of hydrogen-bond acceptors (Lipinski definition) is 7. The molecule has 1 N–H and O–H groups in total. The second kappa shape index (κ2) is 9.03. The number of furan rings is 1. The summed E-state index contributed by atoms with van der Waals surface area (Å²) in [5.41, 5.74) is 0.781. The first kappa shape index (κ1) is 20.1. The largest absolute Gasteiger partial charge is 0.462 e. The summed E-state index contributed by atoms with van der Waals surface area (Å²) in [6.45, 7) is 6.41. The molecule has 0 aromatic carbocycles.